The number of hydrogen-bond donors (Lipinski definition) is 1. The standard InChI is InChI=1S/C16H23N/c1-12-7-8-13-4-2-5-14(16(13)10-12)11-15-6-3-9-17-15/h7-8,10,14-15,17H,2-6,9,11H2,1H3. The number of fused-ring (bicyclic) bond motifs is 1. The van der Waals surface area contributed by atoms with Crippen LogP contribution in [0.15, 0.2) is 18.2 Å². The van der Waals surface area contributed by atoms with Crippen molar-refractivity contribution in [3.63, 3.8) is 0 Å². The molecule has 1 fully saturated rings. The Balaban J connectivity index is 1.80. The molecule has 1 aliphatic carbocycles. The number of rotatable bonds is 2. The first-order valence-corrected chi connectivity index (χ1v) is 7.16. The maximum Gasteiger partial charge on any atom is 0.00733 e. The number of nitrogens with one attached hydrogen (secondary N) is 1. The van der Waals surface area contributed by atoms with Crippen molar-refractivity contribution in [2.45, 2.75) is 57.4 Å². The van der Waals surface area contributed by atoms with Crippen molar-refractivity contribution in [3.05, 3.63) is 34.9 Å². The fourth-order valence-electron chi connectivity index (χ4n) is 3.56. The third-order valence-electron chi connectivity index (χ3n) is 4.47. The summed E-state index contributed by atoms with van der Waals surface area (Å²) in [5, 5.41) is 3.65. The Bertz CT molecular complexity index is 391. The van der Waals surface area contributed by atoms with Crippen LogP contribution in [0.3, 0.4) is 0 Å². The van der Waals surface area contributed by atoms with Gasteiger partial charge in [-0.2, -0.15) is 0 Å². The van der Waals surface area contributed by atoms with Gasteiger partial charge in [0, 0.05) is 6.04 Å². The molecule has 0 radical (unpaired) electrons. The Hall–Kier alpha value is -0.820. The molecule has 1 heteroatoms. The summed E-state index contributed by atoms with van der Waals surface area (Å²) < 4.78 is 0. The van der Waals surface area contributed by atoms with Gasteiger partial charge in [-0.15, -0.1) is 0 Å². The van der Waals surface area contributed by atoms with Crippen LogP contribution in [-0.4, -0.2) is 12.6 Å². The maximum absolute atomic E-state index is 3.65. The van der Waals surface area contributed by atoms with Crippen LogP contribution in [0.5, 0.6) is 0 Å². The molecular weight excluding hydrogens is 206 g/mol. The molecule has 1 aromatic carbocycles. The van der Waals surface area contributed by atoms with E-state index in [0.29, 0.717) is 0 Å². The van der Waals surface area contributed by atoms with Crippen LogP contribution >= 0.6 is 0 Å². The third-order valence-corrected chi connectivity index (χ3v) is 4.47. The van der Waals surface area contributed by atoms with Crippen molar-refractivity contribution in [2.75, 3.05) is 6.54 Å². The number of aryl methyl sites for hydroxylation is 2. The molecule has 1 N–H and O–H groups in total. The predicted octanol–water partition coefficient (Wildman–Crippen LogP) is 3.56. The van der Waals surface area contributed by atoms with Gasteiger partial charge in [0.2, 0.25) is 0 Å². The molecule has 1 aromatic rings. The van der Waals surface area contributed by atoms with E-state index in [1.165, 1.54) is 50.6 Å². The average Bonchev–Trinajstić information content (AvgIpc) is 2.83. The molecule has 2 aliphatic rings. The Labute approximate surface area is 105 Å². The minimum atomic E-state index is 0.784. The molecule has 0 amide bonds. The lowest BCUT2D eigenvalue weighted by Gasteiger charge is -2.28. The largest absolute Gasteiger partial charge is 0.314 e. The molecule has 2 unspecified atom stereocenters. The second-order valence-electron chi connectivity index (χ2n) is 5.82. The van der Waals surface area contributed by atoms with Gasteiger partial charge in [-0.3, -0.25) is 0 Å². The van der Waals surface area contributed by atoms with Crippen LogP contribution in [0.2, 0.25) is 0 Å². The van der Waals surface area contributed by atoms with Crippen LogP contribution in [-0.2, 0) is 6.42 Å². The second-order valence-corrected chi connectivity index (χ2v) is 5.82. The van der Waals surface area contributed by atoms with Gasteiger partial charge >= 0.3 is 0 Å². The van der Waals surface area contributed by atoms with Crippen molar-refractivity contribution >= 4 is 0 Å². The fourth-order valence-corrected chi connectivity index (χ4v) is 3.56. The molecule has 92 valence electrons. The zero-order valence-corrected chi connectivity index (χ0v) is 10.8. The summed E-state index contributed by atoms with van der Waals surface area (Å²) in [6.07, 6.45) is 8.19. The lowest BCUT2D eigenvalue weighted by atomic mass is 9.79. The van der Waals surface area contributed by atoms with Crippen LogP contribution < -0.4 is 5.32 Å². The van der Waals surface area contributed by atoms with Gasteiger partial charge in [-0.1, -0.05) is 23.8 Å². The normalized spacial score (nSPS) is 28.1. The summed E-state index contributed by atoms with van der Waals surface area (Å²) in [5.41, 5.74) is 4.70. The second kappa shape index (κ2) is 4.81. The fraction of sp³-hybridized carbons (Fsp3) is 0.625. The molecule has 1 heterocycles. The number of benzene rings is 1. The highest BCUT2D eigenvalue weighted by Crippen LogP contribution is 2.36. The minimum Gasteiger partial charge on any atom is -0.314 e. The van der Waals surface area contributed by atoms with Crippen LogP contribution in [0.1, 0.15) is 54.7 Å². The third kappa shape index (κ3) is 2.40. The highest BCUT2D eigenvalue weighted by atomic mass is 14.9. The molecule has 0 spiro atoms. The van der Waals surface area contributed by atoms with Gasteiger partial charge in [0.15, 0.2) is 0 Å². The SMILES string of the molecule is Cc1ccc2c(c1)C(CC1CCCN1)CCC2. The molecule has 2 atom stereocenters. The Morgan fingerprint density at radius 2 is 2.18 bits per heavy atom. The topological polar surface area (TPSA) is 12.0 Å². The van der Waals surface area contributed by atoms with Crippen LogP contribution in [0, 0.1) is 6.92 Å². The molecule has 3 rings (SSSR count). The van der Waals surface area contributed by atoms with Crippen molar-refractivity contribution in [1.29, 1.82) is 0 Å². The van der Waals surface area contributed by atoms with E-state index in [2.05, 4.69) is 30.4 Å². The lowest BCUT2D eigenvalue weighted by Crippen LogP contribution is -2.25. The maximum atomic E-state index is 3.65. The van der Waals surface area contributed by atoms with Gasteiger partial charge in [0.1, 0.15) is 0 Å². The minimum absolute atomic E-state index is 0.784. The van der Waals surface area contributed by atoms with E-state index in [-0.39, 0.29) is 0 Å². The molecule has 0 saturated carbocycles. The van der Waals surface area contributed by atoms with Crippen molar-refractivity contribution in [1.82, 2.24) is 5.32 Å². The molecule has 17 heavy (non-hydrogen) atoms. The van der Waals surface area contributed by atoms with Gasteiger partial charge in [0.25, 0.3) is 0 Å². The van der Waals surface area contributed by atoms with E-state index in [9.17, 15) is 0 Å². The first-order valence-electron chi connectivity index (χ1n) is 7.16. The smallest absolute Gasteiger partial charge is 0.00733 e. The highest BCUT2D eigenvalue weighted by Gasteiger charge is 2.24. The van der Waals surface area contributed by atoms with Gasteiger partial charge in [0.05, 0.1) is 0 Å². The molecule has 0 bridgehead atoms. The monoisotopic (exact) mass is 229 g/mol. The van der Waals surface area contributed by atoms with E-state index in [1.807, 2.05) is 0 Å². The summed E-state index contributed by atoms with van der Waals surface area (Å²) in [7, 11) is 0. The summed E-state index contributed by atoms with van der Waals surface area (Å²) in [6, 6.07) is 7.86. The van der Waals surface area contributed by atoms with Gasteiger partial charge in [-0.05, 0) is 69.0 Å². The lowest BCUT2D eigenvalue weighted by molar-refractivity contribution is 0.445. The molecular formula is C16H23N. The van der Waals surface area contributed by atoms with E-state index >= 15 is 0 Å². The Morgan fingerprint density at radius 1 is 1.24 bits per heavy atom. The molecule has 1 aliphatic heterocycles. The van der Waals surface area contributed by atoms with Gasteiger partial charge < -0.3 is 5.32 Å². The average molecular weight is 229 g/mol. The van der Waals surface area contributed by atoms with Crippen molar-refractivity contribution in [2.24, 2.45) is 0 Å². The Morgan fingerprint density at radius 3 is 3.00 bits per heavy atom. The van der Waals surface area contributed by atoms with E-state index in [0.717, 1.165) is 12.0 Å². The summed E-state index contributed by atoms with van der Waals surface area (Å²) in [6.45, 7) is 3.46. The quantitative estimate of drug-likeness (QED) is 0.817. The predicted molar refractivity (Wildman–Crippen MR) is 72.5 cm³/mol. The summed E-state index contributed by atoms with van der Waals surface area (Å²) in [5.74, 6) is 0.814. The molecule has 1 nitrogen and oxygen atoms in total. The highest BCUT2D eigenvalue weighted by molar-refractivity contribution is 5.36. The van der Waals surface area contributed by atoms with Crippen LogP contribution in [0.4, 0.5) is 0 Å². The van der Waals surface area contributed by atoms with Crippen molar-refractivity contribution < 1.29 is 0 Å². The Kier molecular flexibility index (Phi) is 3.19. The summed E-state index contributed by atoms with van der Waals surface area (Å²) >= 11 is 0. The number of hydrogen-bond acceptors (Lipinski definition) is 1. The molecule has 1 saturated heterocycles. The zero-order valence-electron chi connectivity index (χ0n) is 10.8. The van der Waals surface area contributed by atoms with Crippen molar-refractivity contribution in [3.8, 4) is 0 Å². The van der Waals surface area contributed by atoms with Crippen LogP contribution in [0.25, 0.3) is 0 Å². The van der Waals surface area contributed by atoms with Gasteiger partial charge in [-0.25, -0.2) is 0 Å². The zero-order chi connectivity index (χ0) is 11.7. The van der Waals surface area contributed by atoms with E-state index in [4.69, 9.17) is 0 Å². The summed E-state index contributed by atoms with van der Waals surface area (Å²) in [4.78, 5) is 0. The molecule has 0 aromatic heterocycles. The first kappa shape index (κ1) is 11.3. The van der Waals surface area contributed by atoms with E-state index in [1.54, 1.807) is 11.1 Å². The first-order chi connectivity index (χ1) is 8.33. The van der Waals surface area contributed by atoms with E-state index < -0.39 is 0 Å².